The molecule has 0 unspecified atom stereocenters. The smallest absolute Gasteiger partial charge is 0.348 e. The molecule has 2 aliphatic rings. The summed E-state index contributed by atoms with van der Waals surface area (Å²) in [6.07, 6.45) is -1.68. The van der Waals surface area contributed by atoms with Crippen LogP contribution in [0.15, 0.2) is 0 Å². The highest BCUT2D eigenvalue weighted by Gasteiger charge is 2.41. The number of ketones is 1. The predicted molar refractivity (Wildman–Crippen MR) is 70.4 cm³/mol. The second-order valence-corrected chi connectivity index (χ2v) is 6.33. The Morgan fingerprint density at radius 3 is 2.50 bits per heavy atom. The Morgan fingerprint density at radius 2 is 1.90 bits per heavy atom. The first-order valence-corrected chi connectivity index (χ1v) is 7.61. The maximum atomic E-state index is 12.6. The molecule has 0 atom stereocenters. The van der Waals surface area contributed by atoms with Crippen LogP contribution in [0.5, 0.6) is 0 Å². The highest BCUT2D eigenvalue weighted by Crippen LogP contribution is 2.37. The van der Waals surface area contributed by atoms with Gasteiger partial charge in [-0.2, -0.15) is 13.2 Å². The van der Waals surface area contributed by atoms with E-state index in [-0.39, 0.29) is 18.6 Å². The number of Topliss-reactive ketones (excluding diaryl/α,β-unsaturated/α-hetero) is 1. The molecule has 3 nitrogen and oxygen atoms in total. The van der Waals surface area contributed by atoms with Crippen LogP contribution in [0.25, 0.3) is 0 Å². The molecule has 1 saturated heterocycles. The number of thiazole rings is 1. The molecule has 1 aromatic heterocycles. The SMILES string of the molecule is O=C1CCCc2nc(N3CCC(C(F)(F)F)CC3)sc21. The fourth-order valence-corrected chi connectivity index (χ4v) is 3.92. The lowest BCUT2D eigenvalue weighted by atomic mass is 9.97. The van der Waals surface area contributed by atoms with E-state index in [0.29, 0.717) is 29.5 Å². The number of nitrogens with zero attached hydrogens (tertiary/aromatic N) is 2. The zero-order chi connectivity index (χ0) is 14.3. The van der Waals surface area contributed by atoms with Gasteiger partial charge in [-0.15, -0.1) is 0 Å². The van der Waals surface area contributed by atoms with Crippen molar-refractivity contribution in [3.05, 3.63) is 10.6 Å². The van der Waals surface area contributed by atoms with E-state index in [2.05, 4.69) is 4.98 Å². The third-order valence-corrected chi connectivity index (χ3v) is 5.18. The number of rotatable bonds is 1. The van der Waals surface area contributed by atoms with E-state index in [9.17, 15) is 18.0 Å². The van der Waals surface area contributed by atoms with Gasteiger partial charge in [0.15, 0.2) is 10.9 Å². The first-order chi connectivity index (χ1) is 9.45. The largest absolute Gasteiger partial charge is 0.391 e. The molecule has 2 heterocycles. The molecule has 7 heteroatoms. The minimum absolute atomic E-state index is 0.113. The normalized spacial score (nSPS) is 21.1. The summed E-state index contributed by atoms with van der Waals surface area (Å²) in [6, 6.07) is 0. The average Bonchev–Trinajstić information content (AvgIpc) is 2.83. The number of alkyl halides is 3. The van der Waals surface area contributed by atoms with Crippen LogP contribution in [0.4, 0.5) is 18.3 Å². The van der Waals surface area contributed by atoms with Gasteiger partial charge in [0.05, 0.1) is 16.5 Å². The fourth-order valence-electron chi connectivity index (χ4n) is 2.79. The quantitative estimate of drug-likeness (QED) is 0.797. The summed E-state index contributed by atoms with van der Waals surface area (Å²) in [6.45, 7) is 0.732. The van der Waals surface area contributed by atoms with Crippen LogP contribution >= 0.6 is 11.3 Å². The molecule has 3 rings (SSSR count). The van der Waals surface area contributed by atoms with Crippen molar-refractivity contribution in [1.82, 2.24) is 4.98 Å². The molecule has 20 heavy (non-hydrogen) atoms. The van der Waals surface area contributed by atoms with Crippen molar-refractivity contribution in [1.29, 1.82) is 0 Å². The molecule has 0 bridgehead atoms. The number of carbonyl (C=O) groups is 1. The second-order valence-electron chi connectivity index (χ2n) is 5.35. The van der Waals surface area contributed by atoms with Gasteiger partial charge in [0.2, 0.25) is 0 Å². The van der Waals surface area contributed by atoms with Crippen LogP contribution in [-0.4, -0.2) is 30.0 Å². The number of hydrogen-bond acceptors (Lipinski definition) is 4. The molecule has 0 radical (unpaired) electrons. The van der Waals surface area contributed by atoms with Crippen LogP contribution in [0.1, 0.15) is 41.0 Å². The van der Waals surface area contributed by atoms with E-state index >= 15 is 0 Å². The minimum atomic E-state index is -4.09. The molecule has 1 aliphatic heterocycles. The minimum Gasteiger partial charge on any atom is -0.348 e. The van der Waals surface area contributed by atoms with Gasteiger partial charge in [0.25, 0.3) is 0 Å². The van der Waals surface area contributed by atoms with Crippen LogP contribution < -0.4 is 4.90 Å². The topological polar surface area (TPSA) is 33.2 Å². The van der Waals surface area contributed by atoms with E-state index in [0.717, 1.165) is 18.5 Å². The van der Waals surface area contributed by atoms with Gasteiger partial charge in [-0.05, 0) is 25.7 Å². The van der Waals surface area contributed by atoms with Crippen molar-refractivity contribution in [2.75, 3.05) is 18.0 Å². The van der Waals surface area contributed by atoms with Gasteiger partial charge in [-0.25, -0.2) is 4.98 Å². The standard InChI is InChI=1S/C13H15F3N2OS/c14-13(15,16)8-4-6-18(7-5-8)12-17-9-2-1-3-10(19)11(9)20-12/h8H,1-7H2. The third kappa shape index (κ3) is 2.55. The Hall–Kier alpha value is -1.11. The molecular formula is C13H15F3N2OS. The van der Waals surface area contributed by atoms with Crippen molar-refractivity contribution in [3.8, 4) is 0 Å². The molecule has 0 amide bonds. The zero-order valence-corrected chi connectivity index (χ0v) is 11.7. The van der Waals surface area contributed by atoms with E-state index < -0.39 is 12.1 Å². The molecule has 0 N–H and O–H groups in total. The van der Waals surface area contributed by atoms with Crippen LogP contribution in [-0.2, 0) is 6.42 Å². The summed E-state index contributed by atoms with van der Waals surface area (Å²) in [5, 5.41) is 0.714. The Labute approximate surface area is 118 Å². The van der Waals surface area contributed by atoms with Crippen molar-refractivity contribution in [3.63, 3.8) is 0 Å². The second kappa shape index (κ2) is 5.02. The number of fused-ring (bicyclic) bond motifs is 1. The maximum Gasteiger partial charge on any atom is 0.391 e. The number of piperidine rings is 1. The summed E-state index contributed by atoms with van der Waals surface area (Å²) in [5.41, 5.74) is 0.833. The molecule has 1 fully saturated rings. The van der Waals surface area contributed by atoms with Gasteiger partial charge < -0.3 is 4.90 Å². The first-order valence-electron chi connectivity index (χ1n) is 6.79. The number of aryl methyl sites for hydroxylation is 1. The predicted octanol–water partition coefficient (Wildman–Crippen LogP) is 3.44. The van der Waals surface area contributed by atoms with Gasteiger partial charge in [-0.1, -0.05) is 11.3 Å². The van der Waals surface area contributed by atoms with E-state index in [1.54, 1.807) is 0 Å². The number of carbonyl (C=O) groups excluding carboxylic acids is 1. The third-order valence-electron chi connectivity index (χ3n) is 3.99. The molecule has 0 saturated carbocycles. The lowest BCUT2D eigenvalue weighted by Gasteiger charge is -2.32. The summed E-state index contributed by atoms with van der Waals surface area (Å²) in [4.78, 5) is 18.8. The van der Waals surface area contributed by atoms with Crippen molar-refractivity contribution >= 4 is 22.3 Å². The van der Waals surface area contributed by atoms with E-state index in [1.807, 2.05) is 4.90 Å². The highest BCUT2D eigenvalue weighted by atomic mass is 32.1. The number of halogens is 3. The lowest BCUT2D eigenvalue weighted by molar-refractivity contribution is -0.179. The van der Waals surface area contributed by atoms with Gasteiger partial charge in [0.1, 0.15) is 0 Å². The van der Waals surface area contributed by atoms with E-state index in [4.69, 9.17) is 0 Å². The Balaban J connectivity index is 1.71. The average molecular weight is 304 g/mol. The van der Waals surface area contributed by atoms with Crippen LogP contribution in [0, 0.1) is 5.92 Å². The van der Waals surface area contributed by atoms with E-state index in [1.165, 1.54) is 11.3 Å². The molecular weight excluding hydrogens is 289 g/mol. The first kappa shape index (κ1) is 13.9. The Morgan fingerprint density at radius 1 is 1.20 bits per heavy atom. The molecule has 0 aromatic carbocycles. The Bertz CT molecular complexity index is 518. The summed E-state index contributed by atoms with van der Waals surface area (Å²) in [5.74, 6) is -1.07. The Kier molecular flexibility index (Phi) is 3.48. The van der Waals surface area contributed by atoms with Gasteiger partial charge >= 0.3 is 6.18 Å². The number of hydrogen-bond donors (Lipinski definition) is 0. The van der Waals surface area contributed by atoms with Crippen molar-refractivity contribution < 1.29 is 18.0 Å². The van der Waals surface area contributed by atoms with Crippen LogP contribution in [0.2, 0.25) is 0 Å². The molecule has 1 aliphatic carbocycles. The van der Waals surface area contributed by atoms with Gasteiger partial charge in [0, 0.05) is 19.5 Å². The highest BCUT2D eigenvalue weighted by molar-refractivity contribution is 7.17. The summed E-state index contributed by atoms with van der Waals surface area (Å²) < 4.78 is 37.9. The monoisotopic (exact) mass is 304 g/mol. The molecule has 0 spiro atoms. The number of anilines is 1. The summed E-state index contributed by atoms with van der Waals surface area (Å²) in [7, 11) is 0. The van der Waals surface area contributed by atoms with Crippen molar-refractivity contribution in [2.45, 2.75) is 38.3 Å². The summed E-state index contributed by atoms with van der Waals surface area (Å²) >= 11 is 1.34. The molecule has 110 valence electrons. The fraction of sp³-hybridized carbons (Fsp3) is 0.692. The van der Waals surface area contributed by atoms with Crippen LogP contribution in [0.3, 0.4) is 0 Å². The van der Waals surface area contributed by atoms with Gasteiger partial charge in [-0.3, -0.25) is 4.79 Å². The lowest BCUT2D eigenvalue weighted by Crippen LogP contribution is -2.38. The maximum absolute atomic E-state index is 12.6. The van der Waals surface area contributed by atoms with Crippen molar-refractivity contribution in [2.24, 2.45) is 5.92 Å². The number of aromatic nitrogens is 1. The molecule has 1 aromatic rings. The zero-order valence-electron chi connectivity index (χ0n) is 10.9.